The highest BCUT2D eigenvalue weighted by Gasteiger charge is 2.33. The van der Waals surface area contributed by atoms with Crippen LogP contribution in [0.25, 0.3) is 6.08 Å². The van der Waals surface area contributed by atoms with Gasteiger partial charge in [-0.15, -0.1) is 0 Å². The molecule has 0 spiro atoms. The maximum Gasteiger partial charge on any atom is 0.0383 e. The van der Waals surface area contributed by atoms with Gasteiger partial charge in [0.1, 0.15) is 0 Å². The second-order valence-corrected chi connectivity index (χ2v) is 5.81. The molecule has 0 unspecified atom stereocenters. The molecule has 2 rings (SSSR count). The number of aryl methyl sites for hydroxylation is 1. The van der Waals surface area contributed by atoms with Crippen molar-refractivity contribution in [1.82, 2.24) is 4.90 Å². The van der Waals surface area contributed by atoms with Crippen molar-refractivity contribution in [3.05, 3.63) is 41.0 Å². The summed E-state index contributed by atoms with van der Waals surface area (Å²) in [4.78, 5) is 2.43. The normalized spacial score (nSPS) is 19.1. The average molecular weight is 244 g/mol. The summed E-state index contributed by atoms with van der Waals surface area (Å²) in [5, 5.41) is 0. The number of nitrogens with two attached hydrogens (primary N) is 1. The summed E-state index contributed by atoms with van der Waals surface area (Å²) < 4.78 is 0. The Hall–Kier alpha value is -1.12. The molecule has 0 saturated carbocycles. The van der Waals surface area contributed by atoms with E-state index in [1.165, 1.54) is 16.7 Å². The van der Waals surface area contributed by atoms with E-state index in [0.717, 1.165) is 26.1 Å². The zero-order chi connectivity index (χ0) is 13.2. The second-order valence-electron chi connectivity index (χ2n) is 5.81. The summed E-state index contributed by atoms with van der Waals surface area (Å²) in [6.45, 7) is 9.52. The van der Waals surface area contributed by atoms with Crippen molar-refractivity contribution < 1.29 is 0 Å². The summed E-state index contributed by atoms with van der Waals surface area (Å²) >= 11 is 0. The Bertz CT molecular complexity index is 438. The highest BCUT2D eigenvalue weighted by atomic mass is 15.2. The molecule has 1 aliphatic heterocycles. The van der Waals surface area contributed by atoms with Gasteiger partial charge in [0.25, 0.3) is 0 Å². The number of allylic oxidation sites excluding steroid dienone is 1. The molecule has 98 valence electrons. The van der Waals surface area contributed by atoms with Crippen LogP contribution in [0.15, 0.2) is 24.3 Å². The van der Waals surface area contributed by atoms with Gasteiger partial charge in [-0.05, 0) is 43.9 Å². The van der Waals surface area contributed by atoms with Gasteiger partial charge in [-0.2, -0.15) is 0 Å². The molecule has 0 radical (unpaired) electrons. The van der Waals surface area contributed by atoms with Gasteiger partial charge >= 0.3 is 0 Å². The van der Waals surface area contributed by atoms with E-state index in [4.69, 9.17) is 5.73 Å². The number of benzene rings is 1. The van der Waals surface area contributed by atoms with E-state index in [1.807, 2.05) is 0 Å². The molecule has 1 aliphatic rings. The fourth-order valence-electron chi connectivity index (χ4n) is 2.63. The molecule has 1 aromatic rings. The number of nitrogens with zero attached hydrogens (tertiary/aromatic N) is 1. The first-order valence-electron chi connectivity index (χ1n) is 6.74. The van der Waals surface area contributed by atoms with E-state index in [9.17, 15) is 0 Å². The Morgan fingerprint density at radius 1 is 1.39 bits per heavy atom. The van der Waals surface area contributed by atoms with Crippen LogP contribution in [0, 0.1) is 6.92 Å². The third-order valence-corrected chi connectivity index (χ3v) is 3.58. The molecule has 18 heavy (non-hydrogen) atoms. The van der Waals surface area contributed by atoms with Gasteiger partial charge in [0.2, 0.25) is 0 Å². The molecule has 1 aromatic carbocycles. The third kappa shape index (κ3) is 3.21. The van der Waals surface area contributed by atoms with Crippen LogP contribution < -0.4 is 5.73 Å². The number of hydrogen-bond acceptors (Lipinski definition) is 2. The van der Waals surface area contributed by atoms with Crippen LogP contribution in [0.3, 0.4) is 0 Å². The van der Waals surface area contributed by atoms with Crippen LogP contribution in [0.5, 0.6) is 0 Å². The SMILES string of the molecule is C/C=C\c1cc(CCN2CC(C)(N)C2)ccc1C. The largest absolute Gasteiger partial charge is 0.323 e. The van der Waals surface area contributed by atoms with Crippen LogP contribution in [-0.2, 0) is 6.42 Å². The summed E-state index contributed by atoms with van der Waals surface area (Å²) in [7, 11) is 0. The minimum absolute atomic E-state index is 0.0450. The van der Waals surface area contributed by atoms with Crippen molar-refractivity contribution in [2.45, 2.75) is 32.7 Å². The lowest BCUT2D eigenvalue weighted by molar-refractivity contribution is 0.0855. The molecule has 0 aliphatic carbocycles. The highest BCUT2D eigenvalue weighted by Crippen LogP contribution is 2.18. The van der Waals surface area contributed by atoms with Crippen LogP contribution in [0.1, 0.15) is 30.5 Å². The molecule has 2 heteroatoms. The fourth-order valence-corrected chi connectivity index (χ4v) is 2.63. The Morgan fingerprint density at radius 3 is 2.72 bits per heavy atom. The lowest BCUT2D eigenvalue weighted by Crippen LogP contribution is -2.65. The van der Waals surface area contributed by atoms with Gasteiger partial charge in [0.05, 0.1) is 0 Å². The van der Waals surface area contributed by atoms with Crippen molar-refractivity contribution in [3.8, 4) is 0 Å². The molecule has 2 nitrogen and oxygen atoms in total. The van der Waals surface area contributed by atoms with Crippen molar-refractivity contribution in [2.24, 2.45) is 5.73 Å². The van der Waals surface area contributed by atoms with E-state index in [0.29, 0.717) is 0 Å². The van der Waals surface area contributed by atoms with E-state index in [2.05, 4.69) is 56.0 Å². The molecule has 1 heterocycles. The standard InChI is InChI=1S/C16H24N2/c1-4-5-15-10-14(7-6-13(15)2)8-9-18-11-16(3,17)12-18/h4-7,10H,8-9,11-12,17H2,1-3H3/b5-4-. The highest BCUT2D eigenvalue weighted by molar-refractivity contribution is 5.54. The molecular weight excluding hydrogens is 220 g/mol. The maximum atomic E-state index is 6.01. The van der Waals surface area contributed by atoms with Crippen molar-refractivity contribution in [1.29, 1.82) is 0 Å². The molecule has 0 aromatic heterocycles. The Morgan fingerprint density at radius 2 is 2.11 bits per heavy atom. The van der Waals surface area contributed by atoms with Crippen LogP contribution >= 0.6 is 0 Å². The van der Waals surface area contributed by atoms with Gasteiger partial charge < -0.3 is 5.73 Å². The lowest BCUT2D eigenvalue weighted by Gasteiger charge is -2.45. The van der Waals surface area contributed by atoms with Crippen molar-refractivity contribution >= 4 is 6.08 Å². The topological polar surface area (TPSA) is 29.3 Å². The van der Waals surface area contributed by atoms with Gasteiger partial charge in [-0.3, -0.25) is 4.90 Å². The molecule has 0 amide bonds. The third-order valence-electron chi connectivity index (χ3n) is 3.58. The predicted molar refractivity (Wildman–Crippen MR) is 78.6 cm³/mol. The first-order chi connectivity index (χ1) is 8.50. The first kappa shape index (κ1) is 13.3. The Kier molecular flexibility index (Phi) is 3.88. The maximum absolute atomic E-state index is 6.01. The van der Waals surface area contributed by atoms with Crippen LogP contribution in [0.2, 0.25) is 0 Å². The van der Waals surface area contributed by atoms with Crippen molar-refractivity contribution in [2.75, 3.05) is 19.6 Å². The van der Waals surface area contributed by atoms with Crippen LogP contribution in [-0.4, -0.2) is 30.1 Å². The molecule has 0 bridgehead atoms. The number of rotatable bonds is 4. The van der Waals surface area contributed by atoms with Crippen molar-refractivity contribution in [3.63, 3.8) is 0 Å². The average Bonchev–Trinajstić information content (AvgIpc) is 2.27. The van der Waals surface area contributed by atoms with E-state index in [-0.39, 0.29) is 5.54 Å². The van der Waals surface area contributed by atoms with Gasteiger partial charge in [-0.25, -0.2) is 0 Å². The molecule has 0 atom stereocenters. The summed E-state index contributed by atoms with van der Waals surface area (Å²) in [5.41, 5.74) is 10.2. The van der Waals surface area contributed by atoms with Gasteiger partial charge in [-0.1, -0.05) is 30.4 Å². The van der Waals surface area contributed by atoms with Gasteiger partial charge in [0, 0.05) is 25.2 Å². The quantitative estimate of drug-likeness (QED) is 0.882. The molecule has 1 fully saturated rings. The summed E-state index contributed by atoms with van der Waals surface area (Å²) in [5.74, 6) is 0. The number of likely N-dealkylation sites (tertiary alicyclic amines) is 1. The lowest BCUT2D eigenvalue weighted by atomic mass is 9.93. The van der Waals surface area contributed by atoms with E-state index < -0.39 is 0 Å². The zero-order valence-corrected chi connectivity index (χ0v) is 11.7. The minimum atomic E-state index is 0.0450. The van der Waals surface area contributed by atoms with Crippen LogP contribution in [0.4, 0.5) is 0 Å². The monoisotopic (exact) mass is 244 g/mol. The summed E-state index contributed by atoms with van der Waals surface area (Å²) in [6.07, 6.45) is 5.39. The molecule has 2 N–H and O–H groups in total. The number of hydrogen-bond donors (Lipinski definition) is 1. The van der Waals surface area contributed by atoms with Gasteiger partial charge in [0.15, 0.2) is 0 Å². The second kappa shape index (κ2) is 5.25. The summed E-state index contributed by atoms with van der Waals surface area (Å²) in [6, 6.07) is 6.76. The smallest absolute Gasteiger partial charge is 0.0383 e. The van der Waals surface area contributed by atoms with E-state index >= 15 is 0 Å². The fraction of sp³-hybridized carbons (Fsp3) is 0.500. The predicted octanol–water partition coefficient (Wildman–Crippen LogP) is 2.60. The first-order valence-corrected chi connectivity index (χ1v) is 6.74. The molecule has 1 saturated heterocycles. The zero-order valence-electron chi connectivity index (χ0n) is 11.7. The minimum Gasteiger partial charge on any atom is -0.323 e. The Labute approximate surface area is 110 Å². The Balaban J connectivity index is 1.92. The van der Waals surface area contributed by atoms with E-state index in [1.54, 1.807) is 0 Å². The molecular formula is C16H24N2.